The summed E-state index contributed by atoms with van der Waals surface area (Å²) < 4.78 is 146. The topological polar surface area (TPSA) is 423 Å². The molecule has 80 heavy (non-hydrogen) atoms. The van der Waals surface area contributed by atoms with E-state index in [2.05, 4.69) is 15.0 Å². The number of carboxylic acid groups (broad SMARTS) is 3. The van der Waals surface area contributed by atoms with E-state index < -0.39 is 136 Å². The molecule has 7 aromatic rings. The summed E-state index contributed by atoms with van der Waals surface area (Å²) in [4.78, 5) is 88.2. The molecule has 1 aliphatic heterocycles. The van der Waals surface area contributed by atoms with Gasteiger partial charge >= 0.3 is 17.9 Å². The van der Waals surface area contributed by atoms with Gasteiger partial charge < -0.3 is 46.2 Å². The lowest BCUT2D eigenvalue weighted by molar-refractivity contribution is -0.137. The quantitative estimate of drug-likeness (QED) is 0.0532. The molecule has 25 nitrogen and oxygen atoms in total. The van der Waals surface area contributed by atoms with Crippen molar-refractivity contribution in [1.82, 2.24) is 35.9 Å². The van der Waals surface area contributed by atoms with Crippen LogP contribution >= 0.6 is 0 Å². The number of halogens is 3. The number of carboxylic acids is 3. The first-order valence-corrected chi connectivity index (χ1v) is 27.2. The van der Waals surface area contributed by atoms with Crippen molar-refractivity contribution in [2.75, 3.05) is 19.6 Å². The molecule has 3 amide bonds. The Morgan fingerprint density at radius 3 is 0.963 bits per heavy atom. The number of nitrogens with zero attached hydrogens (tertiary/aromatic N) is 1. The van der Waals surface area contributed by atoms with Gasteiger partial charge in [0.05, 0.1) is 39.1 Å². The summed E-state index contributed by atoms with van der Waals surface area (Å²) in [6.07, 6.45) is 2.96. The highest BCUT2D eigenvalue weighted by atomic mass is 32.2. The van der Waals surface area contributed by atoms with Crippen LogP contribution in [0.2, 0.25) is 0 Å². The van der Waals surface area contributed by atoms with Crippen LogP contribution in [0.3, 0.4) is 0 Å². The average molecular weight is 1170 g/mol. The number of amides is 3. The molecular weight excluding hydrogens is 1130 g/mol. The molecule has 3 aromatic carbocycles. The summed E-state index contributed by atoms with van der Waals surface area (Å²) in [6, 6.07) is 19.1. The highest BCUT2D eigenvalue weighted by Crippen LogP contribution is 2.37. The van der Waals surface area contributed by atoms with Gasteiger partial charge in [-0.2, -0.15) is 25.3 Å². The van der Waals surface area contributed by atoms with Crippen molar-refractivity contribution in [3.8, 4) is 33.4 Å². The second-order valence-electron chi connectivity index (χ2n) is 17.4. The molecular formula is C49H38F3N7O18S3. The Balaban J connectivity index is 1.32. The van der Waals surface area contributed by atoms with Crippen LogP contribution in [0.4, 0.5) is 13.2 Å². The third-order valence-corrected chi connectivity index (χ3v) is 15.6. The minimum Gasteiger partial charge on any atom is -0.480 e. The fourth-order valence-electron chi connectivity index (χ4n) is 8.43. The molecule has 5 heterocycles. The Bertz CT molecular complexity index is 4310. The zero-order valence-electron chi connectivity index (χ0n) is 40.1. The second kappa shape index (κ2) is 21.9. The van der Waals surface area contributed by atoms with Gasteiger partial charge in [-0.1, -0.05) is 18.2 Å². The molecule has 0 spiro atoms. The number of carbonyl (C=O) groups excluding carboxylic acids is 3. The molecule has 31 heteroatoms. The van der Waals surface area contributed by atoms with E-state index in [-0.39, 0.29) is 66.8 Å². The van der Waals surface area contributed by atoms with Crippen LogP contribution in [-0.4, -0.2) is 145 Å². The number of carbonyl (C=O) groups is 6. The first-order valence-electron chi connectivity index (χ1n) is 22.7. The molecule has 12 N–H and O–H groups in total. The van der Waals surface area contributed by atoms with Gasteiger partial charge in [-0.3, -0.25) is 42.4 Å². The molecule has 0 aliphatic carbocycles. The fraction of sp³-hybridized carbons (Fsp3) is 0.122. The third-order valence-electron chi connectivity index (χ3n) is 12.3. The number of fused-ring (bicyclic) bond motifs is 9. The Kier molecular flexibility index (Phi) is 15.6. The molecule has 3 unspecified atom stereocenters. The SMILES string of the molecule is O=C(NCC(C(=O)O)S(=O)(=O)O)c1ccc(-c2c3nc(c(-c4ccc(C(=O)NCC(C(=O)O)S(=O)(=O)O)c(F)c4)c4ccc([nH]4)c4ccc([nH]4)c(-c4ccc(C(=O)NCC(C(=O)O)S(=O)(=O)O)c(F)c4)c4ccc2[nH]4)C=C3)cc1F. The first-order chi connectivity index (χ1) is 37.5. The lowest BCUT2D eigenvalue weighted by atomic mass is 10.0. The normalized spacial score (nSPS) is 13.3. The molecule has 1 aliphatic rings. The van der Waals surface area contributed by atoms with Crippen LogP contribution in [0.15, 0.2) is 91.0 Å². The van der Waals surface area contributed by atoms with Crippen molar-refractivity contribution in [1.29, 1.82) is 0 Å². The monoisotopic (exact) mass is 1170 g/mol. The molecule has 416 valence electrons. The Hall–Kier alpha value is -9.27. The van der Waals surface area contributed by atoms with Gasteiger partial charge in [-0.05, 0) is 102 Å². The molecule has 3 atom stereocenters. The molecule has 8 rings (SSSR count). The van der Waals surface area contributed by atoms with Gasteiger partial charge in [0.15, 0.2) is 0 Å². The van der Waals surface area contributed by atoms with Crippen molar-refractivity contribution < 1.29 is 96.2 Å². The minimum atomic E-state index is -5.22. The number of hydrogen-bond acceptors (Lipinski definition) is 13. The molecule has 0 fully saturated rings. The van der Waals surface area contributed by atoms with Gasteiger partial charge in [-0.15, -0.1) is 0 Å². The van der Waals surface area contributed by atoms with E-state index in [0.29, 0.717) is 11.0 Å². The number of aromatic nitrogens is 4. The van der Waals surface area contributed by atoms with E-state index in [1.807, 2.05) is 16.0 Å². The van der Waals surface area contributed by atoms with Crippen LogP contribution < -0.4 is 16.0 Å². The van der Waals surface area contributed by atoms with Gasteiger partial charge in [-0.25, -0.2) is 18.2 Å². The summed E-state index contributed by atoms with van der Waals surface area (Å²) in [7, 11) is -15.6. The predicted molar refractivity (Wildman–Crippen MR) is 277 cm³/mol. The maximum Gasteiger partial charge on any atom is 0.326 e. The first kappa shape index (κ1) is 56.9. The number of rotatable bonds is 18. The van der Waals surface area contributed by atoms with E-state index in [1.54, 1.807) is 24.3 Å². The summed E-state index contributed by atoms with van der Waals surface area (Å²) in [6.45, 7) is -3.42. The number of H-pyrrole nitrogens is 3. The maximum atomic E-state index is 16.2. The van der Waals surface area contributed by atoms with Gasteiger partial charge in [0, 0.05) is 58.4 Å². The fourth-order valence-corrected chi connectivity index (χ4v) is 10.1. The lowest BCUT2D eigenvalue weighted by Crippen LogP contribution is -2.41. The minimum absolute atomic E-state index is 0.00345. The van der Waals surface area contributed by atoms with Gasteiger partial charge in [0.2, 0.25) is 15.7 Å². The van der Waals surface area contributed by atoms with Crippen molar-refractivity contribution in [2.24, 2.45) is 0 Å². The zero-order valence-corrected chi connectivity index (χ0v) is 42.5. The molecule has 4 aromatic heterocycles. The largest absolute Gasteiger partial charge is 0.480 e. The number of hydrogen-bond donors (Lipinski definition) is 12. The zero-order chi connectivity index (χ0) is 58.3. The van der Waals surface area contributed by atoms with Crippen LogP contribution in [0.1, 0.15) is 42.5 Å². The Labute approximate surface area is 446 Å². The van der Waals surface area contributed by atoms with E-state index in [0.717, 1.165) is 36.4 Å². The highest BCUT2D eigenvalue weighted by Gasteiger charge is 2.34. The van der Waals surface area contributed by atoms with Crippen LogP contribution in [-0.2, 0) is 44.7 Å². The third kappa shape index (κ3) is 11.9. The van der Waals surface area contributed by atoms with Crippen LogP contribution in [0.5, 0.6) is 0 Å². The van der Waals surface area contributed by atoms with Crippen molar-refractivity contribution in [3.05, 3.63) is 137 Å². The van der Waals surface area contributed by atoms with E-state index in [9.17, 15) is 83.0 Å². The maximum absolute atomic E-state index is 16.2. The van der Waals surface area contributed by atoms with E-state index in [4.69, 9.17) is 4.98 Å². The summed E-state index contributed by atoms with van der Waals surface area (Å²) in [5, 5.41) is 26.2. The molecule has 8 bridgehead atoms. The lowest BCUT2D eigenvalue weighted by Gasteiger charge is -2.12. The molecule has 0 radical (unpaired) electrons. The van der Waals surface area contributed by atoms with Crippen molar-refractivity contribution in [2.45, 2.75) is 15.7 Å². The number of benzene rings is 3. The Morgan fingerprint density at radius 2 is 0.688 bits per heavy atom. The van der Waals surface area contributed by atoms with Crippen molar-refractivity contribution >= 4 is 111 Å². The molecule has 0 saturated carbocycles. The predicted octanol–water partition coefficient (Wildman–Crippen LogP) is 4.33. The second-order valence-corrected chi connectivity index (χ2v) is 22.2. The smallest absolute Gasteiger partial charge is 0.326 e. The average Bonchev–Trinajstić information content (AvgIpc) is 4.26. The standard InChI is InChI=1S/C49H38F3N7O18S3/c50-27-15-21(1-4-24(27)44(60)53-18-38(47(63)64)78(69,70)71)41-32-9-7-30(56-32)31-8-10-33(57-31)42(22-2-5-25(28(51)16-22)45(61)54-19-39(48(65)66)79(72,73)74)35-12-14-37(59-35)43(36-13-11-34(41)58-36)23-3-6-26(29(52)17-23)46(62)55-20-40(49(67)68)80(75,76)77/h1-17,38-40,56-58H,18-20H2,(H,53,60)(H,54,61)(H,55,62)(H,63,64)(H,65,66)(H,67,68)(H,69,70,71)(H,72,73,74)(H,75,76,77). The molecule has 0 saturated heterocycles. The summed E-state index contributed by atoms with van der Waals surface area (Å²) in [5.41, 5.74) is 0.490. The number of aromatic amines is 3. The number of aliphatic carboxylic acids is 3. The number of nitrogens with one attached hydrogen (secondary N) is 6. The highest BCUT2D eigenvalue weighted by molar-refractivity contribution is 7.87. The van der Waals surface area contributed by atoms with Crippen LogP contribution in [0, 0.1) is 17.5 Å². The summed E-state index contributed by atoms with van der Waals surface area (Å²) in [5.74, 6) is -13.4. The van der Waals surface area contributed by atoms with Gasteiger partial charge in [0.25, 0.3) is 48.1 Å². The van der Waals surface area contributed by atoms with E-state index >= 15 is 13.2 Å². The van der Waals surface area contributed by atoms with Crippen LogP contribution in [0.25, 0.3) is 78.6 Å². The van der Waals surface area contributed by atoms with Gasteiger partial charge in [0.1, 0.15) is 17.5 Å². The van der Waals surface area contributed by atoms with Crippen molar-refractivity contribution in [3.63, 3.8) is 0 Å². The Morgan fingerprint density at radius 1 is 0.425 bits per heavy atom. The summed E-state index contributed by atoms with van der Waals surface area (Å²) >= 11 is 0. The van der Waals surface area contributed by atoms with E-state index in [1.165, 1.54) is 42.5 Å².